The second kappa shape index (κ2) is 5.55. The topological polar surface area (TPSA) is 76.1 Å². The average molecular weight is 217 g/mol. The number of carboxylic acid groups (broad SMARTS) is 1. The molecule has 0 bridgehead atoms. The summed E-state index contributed by atoms with van der Waals surface area (Å²) in [5.41, 5.74) is 0. The van der Waals surface area contributed by atoms with E-state index < -0.39 is 6.09 Å². The second-order valence-corrected chi connectivity index (χ2v) is 3.33. The van der Waals surface area contributed by atoms with Gasteiger partial charge in [0.05, 0.1) is 26.2 Å². The zero-order valence-electron chi connectivity index (χ0n) is 8.64. The van der Waals surface area contributed by atoms with E-state index in [4.69, 9.17) is 9.84 Å². The first-order chi connectivity index (χ1) is 7.13. The minimum Gasteiger partial charge on any atom is -0.469 e. The smallest absolute Gasteiger partial charge is 0.407 e. The molecular weight excluding hydrogens is 202 g/mol. The van der Waals surface area contributed by atoms with Crippen LogP contribution in [-0.4, -0.2) is 55.0 Å². The van der Waals surface area contributed by atoms with Gasteiger partial charge >= 0.3 is 12.1 Å². The molecule has 6 nitrogen and oxygen atoms in total. The molecule has 1 saturated heterocycles. The van der Waals surface area contributed by atoms with Gasteiger partial charge in [-0.05, 0) is 6.42 Å². The molecular formula is C9H15NO5. The van der Waals surface area contributed by atoms with Gasteiger partial charge in [-0.3, -0.25) is 4.79 Å². The highest BCUT2D eigenvalue weighted by Gasteiger charge is 2.22. The molecule has 1 fully saturated rings. The van der Waals surface area contributed by atoms with E-state index in [2.05, 4.69) is 4.74 Å². The van der Waals surface area contributed by atoms with E-state index in [0.717, 1.165) is 0 Å². The Hall–Kier alpha value is -1.30. The maximum atomic E-state index is 11.0. The fraction of sp³-hybridized carbons (Fsp3) is 0.778. The van der Waals surface area contributed by atoms with E-state index in [1.54, 1.807) is 0 Å². The van der Waals surface area contributed by atoms with Crippen LogP contribution in [0.4, 0.5) is 4.79 Å². The molecule has 15 heavy (non-hydrogen) atoms. The van der Waals surface area contributed by atoms with Gasteiger partial charge in [0.1, 0.15) is 0 Å². The summed E-state index contributed by atoms with van der Waals surface area (Å²) < 4.78 is 9.87. The lowest BCUT2D eigenvalue weighted by molar-refractivity contribution is -0.143. The number of ether oxygens (including phenoxy) is 2. The van der Waals surface area contributed by atoms with Crippen LogP contribution in [0.5, 0.6) is 0 Å². The first-order valence-electron chi connectivity index (χ1n) is 4.79. The summed E-state index contributed by atoms with van der Waals surface area (Å²) in [4.78, 5) is 22.9. The Labute approximate surface area is 87.8 Å². The summed E-state index contributed by atoms with van der Waals surface area (Å²) in [6, 6.07) is 0. The second-order valence-electron chi connectivity index (χ2n) is 3.33. The molecule has 0 aromatic carbocycles. The van der Waals surface area contributed by atoms with Crippen molar-refractivity contribution in [3.63, 3.8) is 0 Å². The summed E-state index contributed by atoms with van der Waals surface area (Å²) in [5.74, 6) is -0.330. The van der Waals surface area contributed by atoms with Crippen LogP contribution in [0.25, 0.3) is 0 Å². The molecule has 0 spiro atoms. The molecule has 0 aromatic rings. The van der Waals surface area contributed by atoms with Crippen LogP contribution < -0.4 is 0 Å². The van der Waals surface area contributed by atoms with E-state index >= 15 is 0 Å². The highest BCUT2D eigenvalue weighted by atomic mass is 16.5. The average Bonchev–Trinajstić information content (AvgIpc) is 2.43. The minimum atomic E-state index is -0.947. The van der Waals surface area contributed by atoms with E-state index in [-0.39, 0.29) is 18.5 Å². The van der Waals surface area contributed by atoms with Crippen LogP contribution in [0.1, 0.15) is 12.8 Å². The van der Waals surface area contributed by atoms with E-state index in [1.807, 2.05) is 0 Å². The number of nitrogens with zero attached hydrogens (tertiary/aromatic N) is 1. The van der Waals surface area contributed by atoms with Gasteiger partial charge in [0.25, 0.3) is 0 Å². The van der Waals surface area contributed by atoms with Gasteiger partial charge < -0.3 is 19.5 Å². The van der Waals surface area contributed by atoms with Crippen molar-refractivity contribution in [3.05, 3.63) is 0 Å². The van der Waals surface area contributed by atoms with Crippen LogP contribution in [-0.2, 0) is 14.3 Å². The van der Waals surface area contributed by atoms with Gasteiger partial charge in [0.15, 0.2) is 0 Å². The van der Waals surface area contributed by atoms with Gasteiger partial charge in [0.2, 0.25) is 0 Å². The third-order valence-electron chi connectivity index (χ3n) is 2.33. The monoisotopic (exact) mass is 217 g/mol. The van der Waals surface area contributed by atoms with Crippen molar-refractivity contribution < 1.29 is 24.2 Å². The van der Waals surface area contributed by atoms with Gasteiger partial charge in [-0.2, -0.15) is 0 Å². The highest BCUT2D eigenvalue weighted by Crippen LogP contribution is 2.11. The lowest BCUT2D eigenvalue weighted by atomic mass is 10.2. The van der Waals surface area contributed by atoms with E-state index in [0.29, 0.717) is 26.1 Å². The van der Waals surface area contributed by atoms with Crippen LogP contribution >= 0.6 is 0 Å². The summed E-state index contributed by atoms with van der Waals surface area (Å²) in [5, 5.41) is 8.76. The predicted octanol–water partition coefficient (Wildman–Crippen LogP) is 0.318. The first kappa shape index (κ1) is 11.8. The van der Waals surface area contributed by atoms with Crippen molar-refractivity contribution in [2.45, 2.75) is 18.9 Å². The number of esters is 1. The molecule has 0 aromatic heterocycles. The van der Waals surface area contributed by atoms with Crippen molar-refractivity contribution in [2.24, 2.45) is 0 Å². The van der Waals surface area contributed by atoms with Gasteiger partial charge in [-0.25, -0.2) is 4.79 Å². The van der Waals surface area contributed by atoms with Crippen molar-refractivity contribution >= 4 is 12.1 Å². The van der Waals surface area contributed by atoms with Gasteiger partial charge in [-0.1, -0.05) is 0 Å². The van der Waals surface area contributed by atoms with Gasteiger partial charge in [0, 0.05) is 13.1 Å². The molecule has 1 rings (SSSR count). The minimum absolute atomic E-state index is 0.184. The predicted molar refractivity (Wildman–Crippen MR) is 50.6 cm³/mol. The standard InChI is InChI=1S/C9H15NO5/c1-14-8(11)6-7-2-3-10(9(12)13)4-5-15-7/h7H,2-6H2,1H3,(H,12,13). The summed E-state index contributed by atoms with van der Waals surface area (Å²) >= 11 is 0. The quantitative estimate of drug-likeness (QED) is 0.674. The lowest BCUT2D eigenvalue weighted by Crippen LogP contribution is -2.31. The largest absolute Gasteiger partial charge is 0.469 e. The number of rotatable bonds is 2. The number of methoxy groups -OCH3 is 1. The van der Waals surface area contributed by atoms with E-state index in [1.165, 1.54) is 12.0 Å². The Morgan fingerprint density at radius 3 is 2.87 bits per heavy atom. The zero-order valence-corrected chi connectivity index (χ0v) is 8.64. The molecule has 1 heterocycles. The summed E-state index contributed by atoms with van der Waals surface area (Å²) in [7, 11) is 1.32. The Balaban J connectivity index is 2.39. The van der Waals surface area contributed by atoms with E-state index in [9.17, 15) is 9.59 Å². The van der Waals surface area contributed by atoms with Crippen LogP contribution in [0.3, 0.4) is 0 Å². The Morgan fingerprint density at radius 2 is 2.27 bits per heavy atom. The number of carbonyl (C=O) groups is 2. The molecule has 1 atom stereocenters. The third-order valence-corrected chi connectivity index (χ3v) is 2.33. The Kier molecular flexibility index (Phi) is 4.36. The molecule has 86 valence electrons. The van der Waals surface area contributed by atoms with Crippen molar-refractivity contribution in [1.29, 1.82) is 0 Å². The maximum Gasteiger partial charge on any atom is 0.407 e. The summed E-state index contributed by atoms with van der Waals surface area (Å²) in [6.07, 6.45) is -0.468. The summed E-state index contributed by atoms with van der Waals surface area (Å²) in [6.45, 7) is 1.08. The zero-order chi connectivity index (χ0) is 11.3. The molecule has 0 radical (unpaired) electrons. The number of hydrogen-bond donors (Lipinski definition) is 1. The van der Waals surface area contributed by atoms with Crippen LogP contribution in [0.2, 0.25) is 0 Å². The fourth-order valence-electron chi connectivity index (χ4n) is 1.45. The van der Waals surface area contributed by atoms with Crippen molar-refractivity contribution in [3.8, 4) is 0 Å². The van der Waals surface area contributed by atoms with Gasteiger partial charge in [-0.15, -0.1) is 0 Å². The molecule has 6 heteroatoms. The molecule has 0 saturated carbocycles. The van der Waals surface area contributed by atoms with Crippen LogP contribution in [0.15, 0.2) is 0 Å². The number of hydrogen-bond acceptors (Lipinski definition) is 4. The Morgan fingerprint density at radius 1 is 1.53 bits per heavy atom. The molecule has 1 N–H and O–H groups in total. The molecule has 1 amide bonds. The maximum absolute atomic E-state index is 11.0. The molecule has 1 unspecified atom stereocenters. The molecule has 0 aliphatic carbocycles. The van der Waals surface area contributed by atoms with Crippen molar-refractivity contribution in [2.75, 3.05) is 26.8 Å². The lowest BCUT2D eigenvalue weighted by Gasteiger charge is -2.14. The normalized spacial score (nSPS) is 21.9. The SMILES string of the molecule is COC(=O)CC1CCN(C(=O)O)CCO1. The fourth-order valence-corrected chi connectivity index (χ4v) is 1.45. The van der Waals surface area contributed by atoms with Crippen molar-refractivity contribution in [1.82, 2.24) is 4.90 Å². The Bertz CT molecular complexity index is 243. The highest BCUT2D eigenvalue weighted by molar-refractivity contribution is 5.69. The van der Waals surface area contributed by atoms with Crippen LogP contribution in [0, 0.1) is 0 Å². The first-order valence-corrected chi connectivity index (χ1v) is 4.79. The molecule has 1 aliphatic heterocycles. The molecule has 1 aliphatic rings. The number of carbonyl (C=O) groups excluding carboxylic acids is 1. The number of amides is 1. The third kappa shape index (κ3) is 3.75.